The molecular formula is C12H15N3. The molecule has 15 heavy (non-hydrogen) atoms. The summed E-state index contributed by atoms with van der Waals surface area (Å²) in [5.41, 5.74) is 3.77. The molecule has 1 heterocycles. The summed E-state index contributed by atoms with van der Waals surface area (Å²) in [6, 6.07) is 6.27. The number of imidazole rings is 1. The van der Waals surface area contributed by atoms with E-state index in [1.165, 1.54) is 16.8 Å². The third kappa shape index (κ3) is 2.18. The summed E-state index contributed by atoms with van der Waals surface area (Å²) in [4.78, 5) is 7.23. The smallest absolute Gasteiger partial charge is 0.125 e. The van der Waals surface area contributed by atoms with Crippen molar-refractivity contribution in [2.45, 2.75) is 20.4 Å². The van der Waals surface area contributed by atoms with Crippen LogP contribution in [-0.2, 0) is 6.54 Å². The summed E-state index contributed by atoms with van der Waals surface area (Å²) in [6.45, 7) is 4.98. The molecule has 0 fully saturated rings. The van der Waals surface area contributed by atoms with E-state index in [1.54, 1.807) is 6.20 Å². The normalized spacial score (nSPS) is 10.3. The number of nitrogens with zero attached hydrogens (tertiary/aromatic N) is 1. The summed E-state index contributed by atoms with van der Waals surface area (Å²) in [6.07, 6.45) is 3.60. The zero-order valence-electron chi connectivity index (χ0n) is 9.04. The van der Waals surface area contributed by atoms with Crippen molar-refractivity contribution in [2.75, 3.05) is 5.32 Å². The Morgan fingerprint density at radius 3 is 2.93 bits per heavy atom. The highest BCUT2D eigenvalue weighted by Crippen LogP contribution is 2.18. The number of hydrogen-bond donors (Lipinski definition) is 2. The maximum absolute atomic E-state index is 4.17. The van der Waals surface area contributed by atoms with E-state index in [2.05, 4.69) is 47.3 Å². The first-order valence-electron chi connectivity index (χ1n) is 5.05. The van der Waals surface area contributed by atoms with Gasteiger partial charge >= 0.3 is 0 Å². The van der Waals surface area contributed by atoms with E-state index in [-0.39, 0.29) is 0 Å². The lowest BCUT2D eigenvalue weighted by molar-refractivity contribution is 0.996. The Morgan fingerprint density at radius 1 is 1.33 bits per heavy atom. The quantitative estimate of drug-likeness (QED) is 0.801. The van der Waals surface area contributed by atoms with Crippen LogP contribution in [0.25, 0.3) is 0 Å². The van der Waals surface area contributed by atoms with E-state index in [9.17, 15) is 0 Å². The maximum atomic E-state index is 4.17. The molecular weight excluding hydrogens is 186 g/mol. The monoisotopic (exact) mass is 201 g/mol. The minimum atomic E-state index is 0.733. The second-order valence-electron chi connectivity index (χ2n) is 3.64. The summed E-state index contributed by atoms with van der Waals surface area (Å²) >= 11 is 0. The number of aromatic amines is 1. The van der Waals surface area contributed by atoms with Gasteiger partial charge in [-0.1, -0.05) is 12.1 Å². The number of anilines is 1. The number of aromatic nitrogens is 2. The van der Waals surface area contributed by atoms with Crippen LogP contribution in [0, 0.1) is 13.8 Å². The topological polar surface area (TPSA) is 40.7 Å². The number of nitrogens with one attached hydrogen (secondary N) is 2. The average molecular weight is 201 g/mol. The van der Waals surface area contributed by atoms with Gasteiger partial charge in [0.2, 0.25) is 0 Å². The molecule has 0 bridgehead atoms. The zero-order valence-corrected chi connectivity index (χ0v) is 9.04. The van der Waals surface area contributed by atoms with Gasteiger partial charge in [0, 0.05) is 18.1 Å². The van der Waals surface area contributed by atoms with E-state index in [0.29, 0.717) is 0 Å². The average Bonchev–Trinajstić information content (AvgIpc) is 2.73. The van der Waals surface area contributed by atoms with Crippen molar-refractivity contribution in [3.63, 3.8) is 0 Å². The Kier molecular flexibility index (Phi) is 2.72. The Morgan fingerprint density at radius 2 is 2.20 bits per heavy atom. The van der Waals surface area contributed by atoms with Gasteiger partial charge in [-0.05, 0) is 31.0 Å². The molecule has 0 radical (unpaired) electrons. The molecule has 0 amide bonds. The second-order valence-corrected chi connectivity index (χ2v) is 3.64. The first-order chi connectivity index (χ1) is 7.27. The molecule has 0 spiro atoms. The molecule has 3 heteroatoms. The highest BCUT2D eigenvalue weighted by atomic mass is 15.0. The number of H-pyrrole nitrogens is 1. The fraction of sp³-hybridized carbons (Fsp3) is 0.250. The van der Waals surface area contributed by atoms with Crippen LogP contribution in [0.5, 0.6) is 0 Å². The van der Waals surface area contributed by atoms with Gasteiger partial charge in [-0.2, -0.15) is 0 Å². The molecule has 0 aliphatic carbocycles. The van der Waals surface area contributed by atoms with Crippen LogP contribution in [-0.4, -0.2) is 9.97 Å². The van der Waals surface area contributed by atoms with E-state index in [4.69, 9.17) is 0 Å². The minimum absolute atomic E-state index is 0.733. The summed E-state index contributed by atoms with van der Waals surface area (Å²) in [7, 11) is 0. The second kappa shape index (κ2) is 4.17. The van der Waals surface area contributed by atoms with Crippen molar-refractivity contribution >= 4 is 5.69 Å². The molecule has 2 aromatic rings. The summed E-state index contributed by atoms with van der Waals surface area (Å²) in [5.74, 6) is 0.955. The largest absolute Gasteiger partial charge is 0.378 e. The van der Waals surface area contributed by atoms with Crippen LogP contribution in [0.15, 0.2) is 30.6 Å². The molecule has 0 saturated heterocycles. The first kappa shape index (κ1) is 9.77. The lowest BCUT2D eigenvalue weighted by Crippen LogP contribution is -2.03. The Balaban J connectivity index is 2.08. The number of rotatable bonds is 3. The first-order valence-corrected chi connectivity index (χ1v) is 5.05. The number of aryl methyl sites for hydroxylation is 1. The van der Waals surface area contributed by atoms with Crippen molar-refractivity contribution < 1.29 is 0 Å². The van der Waals surface area contributed by atoms with Crippen molar-refractivity contribution in [3.8, 4) is 0 Å². The highest BCUT2D eigenvalue weighted by molar-refractivity contribution is 5.53. The molecule has 1 aromatic carbocycles. The van der Waals surface area contributed by atoms with Gasteiger partial charge in [0.25, 0.3) is 0 Å². The summed E-state index contributed by atoms with van der Waals surface area (Å²) < 4.78 is 0. The number of benzene rings is 1. The van der Waals surface area contributed by atoms with Gasteiger partial charge in [-0.3, -0.25) is 0 Å². The third-order valence-corrected chi connectivity index (χ3v) is 2.61. The molecule has 0 unspecified atom stereocenters. The van der Waals surface area contributed by atoms with Crippen LogP contribution in [0.2, 0.25) is 0 Å². The SMILES string of the molecule is Cc1cccc(NCc2ncc[nH]2)c1C. The van der Waals surface area contributed by atoms with Crippen LogP contribution in [0.1, 0.15) is 17.0 Å². The Labute approximate surface area is 89.6 Å². The van der Waals surface area contributed by atoms with Crippen molar-refractivity contribution in [3.05, 3.63) is 47.5 Å². The predicted molar refractivity (Wildman–Crippen MR) is 61.8 cm³/mol. The van der Waals surface area contributed by atoms with E-state index in [0.717, 1.165) is 12.4 Å². The van der Waals surface area contributed by atoms with E-state index < -0.39 is 0 Å². The minimum Gasteiger partial charge on any atom is -0.378 e. The molecule has 78 valence electrons. The molecule has 0 aliphatic rings. The van der Waals surface area contributed by atoms with Crippen LogP contribution in [0.3, 0.4) is 0 Å². The van der Waals surface area contributed by atoms with Gasteiger partial charge in [0.1, 0.15) is 5.82 Å². The van der Waals surface area contributed by atoms with E-state index in [1.807, 2.05) is 6.20 Å². The standard InChI is InChI=1S/C12H15N3/c1-9-4-3-5-11(10(9)2)15-8-12-13-6-7-14-12/h3-7,15H,8H2,1-2H3,(H,13,14). The van der Waals surface area contributed by atoms with Crippen molar-refractivity contribution in [1.29, 1.82) is 0 Å². The lowest BCUT2D eigenvalue weighted by Gasteiger charge is -2.09. The van der Waals surface area contributed by atoms with Crippen molar-refractivity contribution in [1.82, 2.24) is 9.97 Å². The van der Waals surface area contributed by atoms with Crippen LogP contribution < -0.4 is 5.32 Å². The molecule has 1 aromatic heterocycles. The predicted octanol–water partition coefficient (Wildman–Crippen LogP) is 2.64. The van der Waals surface area contributed by atoms with Gasteiger partial charge in [-0.25, -0.2) is 4.98 Å². The molecule has 0 atom stereocenters. The molecule has 0 aliphatic heterocycles. The molecule has 0 saturated carbocycles. The van der Waals surface area contributed by atoms with Crippen LogP contribution in [0.4, 0.5) is 5.69 Å². The van der Waals surface area contributed by atoms with Gasteiger partial charge < -0.3 is 10.3 Å². The maximum Gasteiger partial charge on any atom is 0.125 e. The van der Waals surface area contributed by atoms with Gasteiger partial charge in [0.05, 0.1) is 6.54 Å². The van der Waals surface area contributed by atoms with Crippen molar-refractivity contribution in [2.24, 2.45) is 0 Å². The number of hydrogen-bond acceptors (Lipinski definition) is 2. The molecule has 2 N–H and O–H groups in total. The van der Waals surface area contributed by atoms with E-state index >= 15 is 0 Å². The fourth-order valence-electron chi connectivity index (χ4n) is 1.52. The molecule has 3 nitrogen and oxygen atoms in total. The third-order valence-electron chi connectivity index (χ3n) is 2.61. The lowest BCUT2D eigenvalue weighted by atomic mass is 10.1. The Hall–Kier alpha value is -1.77. The Bertz CT molecular complexity index is 432. The van der Waals surface area contributed by atoms with Crippen LogP contribution >= 0.6 is 0 Å². The molecule has 2 rings (SSSR count). The zero-order chi connectivity index (χ0) is 10.7. The fourth-order valence-corrected chi connectivity index (χ4v) is 1.52. The summed E-state index contributed by atoms with van der Waals surface area (Å²) in [5, 5.41) is 3.36. The highest BCUT2D eigenvalue weighted by Gasteiger charge is 2.00. The van der Waals surface area contributed by atoms with Gasteiger partial charge in [0.15, 0.2) is 0 Å². The van der Waals surface area contributed by atoms with Gasteiger partial charge in [-0.15, -0.1) is 0 Å².